The van der Waals surface area contributed by atoms with E-state index in [1.165, 1.54) is 18.3 Å². The van der Waals surface area contributed by atoms with Crippen LogP contribution in [0.4, 0.5) is 0 Å². The maximum Gasteiger partial charge on any atom is 0.240 e. The van der Waals surface area contributed by atoms with E-state index in [1.807, 2.05) is 6.26 Å². The smallest absolute Gasteiger partial charge is 0.240 e. The molecule has 1 aromatic heterocycles. The van der Waals surface area contributed by atoms with Gasteiger partial charge in [0, 0.05) is 18.0 Å². The van der Waals surface area contributed by atoms with Crippen LogP contribution in [-0.4, -0.2) is 31.5 Å². The number of aromatic nitrogens is 1. The Morgan fingerprint density at radius 1 is 1.59 bits per heavy atom. The second-order valence-electron chi connectivity index (χ2n) is 3.55. The third-order valence-electron chi connectivity index (χ3n) is 2.25. The van der Waals surface area contributed by atoms with E-state index in [1.54, 1.807) is 11.8 Å². The van der Waals surface area contributed by atoms with Crippen LogP contribution in [0.2, 0.25) is 5.15 Å². The number of thioether (sulfide) groups is 1. The summed E-state index contributed by atoms with van der Waals surface area (Å²) in [5.41, 5.74) is 0. The number of nitrogens with one attached hydrogen (secondary N) is 1. The molecule has 0 radical (unpaired) electrons. The average molecular weight is 295 g/mol. The monoisotopic (exact) mass is 294 g/mol. The standard InChI is InChI=1S/C10H15ClN2O2S2/c1-8(16-2)3-6-13-17(14,15)9-4-5-12-10(11)7-9/h4-5,7-8,13H,3,6H2,1-2H3. The summed E-state index contributed by atoms with van der Waals surface area (Å²) >= 11 is 7.36. The molecule has 1 aromatic rings. The molecule has 17 heavy (non-hydrogen) atoms. The Labute approximate surface area is 111 Å². The molecule has 4 nitrogen and oxygen atoms in total. The molecule has 1 unspecified atom stereocenters. The quantitative estimate of drug-likeness (QED) is 0.817. The van der Waals surface area contributed by atoms with Crippen molar-refractivity contribution in [3.63, 3.8) is 0 Å². The number of rotatable bonds is 6. The molecule has 0 amide bonds. The van der Waals surface area contributed by atoms with Gasteiger partial charge in [-0.1, -0.05) is 18.5 Å². The second kappa shape index (κ2) is 6.58. The lowest BCUT2D eigenvalue weighted by atomic mass is 10.3. The van der Waals surface area contributed by atoms with Gasteiger partial charge in [0.1, 0.15) is 5.15 Å². The van der Waals surface area contributed by atoms with E-state index in [2.05, 4.69) is 16.6 Å². The van der Waals surface area contributed by atoms with Crippen LogP contribution in [0.3, 0.4) is 0 Å². The maximum absolute atomic E-state index is 11.8. The molecule has 1 heterocycles. The van der Waals surface area contributed by atoms with Crippen molar-refractivity contribution in [2.24, 2.45) is 0 Å². The van der Waals surface area contributed by atoms with Crippen LogP contribution in [0.25, 0.3) is 0 Å². The van der Waals surface area contributed by atoms with Gasteiger partial charge in [-0.25, -0.2) is 18.1 Å². The summed E-state index contributed by atoms with van der Waals surface area (Å²) in [6, 6.07) is 2.76. The molecule has 1 N–H and O–H groups in total. The summed E-state index contributed by atoms with van der Waals surface area (Å²) in [7, 11) is -3.47. The molecule has 7 heteroatoms. The third kappa shape index (κ3) is 4.83. The molecule has 1 rings (SSSR count). The maximum atomic E-state index is 11.8. The van der Waals surface area contributed by atoms with Crippen molar-refractivity contribution in [2.45, 2.75) is 23.5 Å². The highest BCUT2D eigenvalue weighted by Crippen LogP contribution is 2.13. The Kier molecular flexibility index (Phi) is 5.72. The first-order chi connectivity index (χ1) is 7.95. The SMILES string of the molecule is CSC(C)CCNS(=O)(=O)c1ccnc(Cl)c1. The summed E-state index contributed by atoms with van der Waals surface area (Å²) in [4.78, 5) is 3.89. The van der Waals surface area contributed by atoms with Gasteiger partial charge in [-0.15, -0.1) is 0 Å². The molecule has 0 spiro atoms. The minimum Gasteiger partial charge on any atom is -0.244 e. The fraction of sp³-hybridized carbons (Fsp3) is 0.500. The second-order valence-corrected chi connectivity index (χ2v) is 6.98. The summed E-state index contributed by atoms with van der Waals surface area (Å²) in [5, 5.41) is 0.601. The van der Waals surface area contributed by atoms with Crippen molar-refractivity contribution in [1.82, 2.24) is 9.71 Å². The number of pyridine rings is 1. The van der Waals surface area contributed by atoms with Crippen LogP contribution in [-0.2, 0) is 10.0 Å². The normalized spacial score (nSPS) is 13.6. The van der Waals surface area contributed by atoms with Crippen LogP contribution < -0.4 is 4.72 Å². The zero-order chi connectivity index (χ0) is 12.9. The van der Waals surface area contributed by atoms with E-state index in [-0.39, 0.29) is 10.0 Å². The first kappa shape index (κ1) is 14.8. The van der Waals surface area contributed by atoms with Crippen molar-refractivity contribution < 1.29 is 8.42 Å². The number of sulfonamides is 1. The van der Waals surface area contributed by atoms with Gasteiger partial charge in [0.15, 0.2) is 0 Å². The van der Waals surface area contributed by atoms with E-state index in [0.29, 0.717) is 11.8 Å². The number of halogens is 1. The lowest BCUT2D eigenvalue weighted by molar-refractivity contribution is 0.579. The lowest BCUT2D eigenvalue weighted by Gasteiger charge is -2.09. The first-order valence-electron chi connectivity index (χ1n) is 5.09. The van der Waals surface area contributed by atoms with Crippen molar-refractivity contribution in [2.75, 3.05) is 12.8 Å². The van der Waals surface area contributed by atoms with E-state index < -0.39 is 10.0 Å². The molecule has 0 fully saturated rings. The highest BCUT2D eigenvalue weighted by atomic mass is 35.5. The molecular formula is C10H15ClN2O2S2. The molecule has 1 atom stereocenters. The fourth-order valence-electron chi connectivity index (χ4n) is 1.15. The minimum absolute atomic E-state index is 0.148. The molecule has 0 saturated heterocycles. The van der Waals surface area contributed by atoms with Crippen molar-refractivity contribution >= 4 is 33.4 Å². The van der Waals surface area contributed by atoms with E-state index >= 15 is 0 Å². The largest absolute Gasteiger partial charge is 0.244 e. The Bertz CT molecular complexity index is 465. The Morgan fingerprint density at radius 2 is 2.29 bits per heavy atom. The van der Waals surface area contributed by atoms with E-state index in [0.717, 1.165) is 6.42 Å². The van der Waals surface area contributed by atoms with Crippen LogP contribution in [0, 0.1) is 0 Å². The molecule has 0 aliphatic rings. The molecule has 0 aromatic carbocycles. The topological polar surface area (TPSA) is 59.1 Å². The number of hydrogen-bond donors (Lipinski definition) is 1. The molecule has 0 bridgehead atoms. The molecule has 96 valence electrons. The predicted octanol–water partition coefficient (Wildman–Crippen LogP) is 2.15. The zero-order valence-corrected chi connectivity index (χ0v) is 12.1. The summed E-state index contributed by atoms with van der Waals surface area (Å²) in [6.45, 7) is 2.48. The Balaban J connectivity index is 2.63. The predicted molar refractivity (Wildman–Crippen MR) is 72.0 cm³/mol. The van der Waals surface area contributed by atoms with Crippen LogP contribution >= 0.6 is 23.4 Å². The van der Waals surface area contributed by atoms with Gasteiger partial charge >= 0.3 is 0 Å². The van der Waals surface area contributed by atoms with Crippen LogP contribution in [0.15, 0.2) is 23.2 Å². The number of hydrogen-bond acceptors (Lipinski definition) is 4. The van der Waals surface area contributed by atoms with Crippen molar-refractivity contribution in [1.29, 1.82) is 0 Å². The van der Waals surface area contributed by atoms with Crippen LogP contribution in [0.5, 0.6) is 0 Å². The number of nitrogens with zero attached hydrogens (tertiary/aromatic N) is 1. The molecule has 0 saturated carbocycles. The lowest BCUT2D eigenvalue weighted by Crippen LogP contribution is -2.26. The van der Waals surface area contributed by atoms with Gasteiger partial charge in [-0.2, -0.15) is 11.8 Å². The van der Waals surface area contributed by atoms with Gasteiger partial charge in [-0.3, -0.25) is 0 Å². The third-order valence-corrected chi connectivity index (χ3v) is 4.96. The van der Waals surface area contributed by atoms with Crippen LogP contribution in [0.1, 0.15) is 13.3 Å². The van der Waals surface area contributed by atoms with E-state index in [9.17, 15) is 8.42 Å². The molecular weight excluding hydrogens is 280 g/mol. The summed E-state index contributed by atoms with van der Waals surface area (Å²) in [6.07, 6.45) is 4.17. The van der Waals surface area contributed by atoms with Gasteiger partial charge in [0.2, 0.25) is 10.0 Å². The fourth-order valence-corrected chi connectivity index (χ4v) is 2.80. The minimum atomic E-state index is -3.47. The molecule has 0 aliphatic carbocycles. The summed E-state index contributed by atoms with van der Waals surface area (Å²) in [5.74, 6) is 0. The van der Waals surface area contributed by atoms with E-state index in [4.69, 9.17) is 11.6 Å². The highest BCUT2D eigenvalue weighted by molar-refractivity contribution is 7.99. The Hall–Kier alpha value is -0.300. The average Bonchev–Trinajstić information content (AvgIpc) is 2.28. The summed E-state index contributed by atoms with van der Waals surface area (Å²) < 4.78 is 26.2. The first-order valence-corrected chi connectivity index (χ1v) is 8.24. The molecule has 0 aliphatic heterocycles. The Morgan fingerprint density at radius 3 is 2.88 bits per heavy atom. The van der Waals surface area contributed by atoms with Gasteiger partial charge in [0.25, 0.3) is 0 Å². The van der Waals surface area contributed by atoms with Crippen molar-refractivity contribution in [3.8, 4) is 0 Å². The van der Waals surface area contributed by atoms with Gasteiger partial charge < -0.3 is 0 Å². The highest BCUT2D eigenvalue weighted by Gasteiger charge is 2.14. The van der Waals surface area contributed by atoms with Gasteiger partial charge in [0.05, 0.1) is 4.90 Å². The zero-order valence-electron chi connectivity index (χ0n) is 9.68. The van der Waals surface area contributed by atoms with Crippen molar-refractivity contribution in [3.05, 3.63) is 23.5 Å². The van der Waals surface area contributed by atoms with Gasteiger partial charge in [-0.05, 0) is 24.8 Å².